The van der Waals surface area contributed by atoms with E-state index in [2.05, 4.69) is 5.32 Å². The molecule has 0 aromatic heterocycles. The Hall–Kier alpha value is -2.32. The van der Waals surface area contributed by atoms with E-state index in [1.807, 2.05) is 0 Å². The number of amides is 1. The minimum Gasteiger partial charge on any atom is -0.348 e. The van der Waals surface area contributed by atoms with E-state index >= 15 is 0 Å². The van der Waals surface area contributed by atoms with E-state index < -0.39 is 27.8 Å². The van der Waals surface area contributed by atoms with Crippen molar-refractivity contribution in [3.05, 3.63) is 71.3 Å². The molecule has 1 N–H and O–H groups in total. The molecule has 0 aliphatic rings. The van der Waals surface area contributed by atoms with Gasteiger partial charge in [0.25, 0.3) is 0 Å². The van der Waals surface area contributed by atoms with E-state index in [4.69, 9.17) is 0 Å². The third kappa shape index (κ3) is 5.89. The van der Waals surface area contributed by atoms with E-state index in [1.165, 1.54) is 36.4 Å². The van der Waals surface area contributed by atoms with Gasteiger partial charge in [-0.2, -0.15) is 4.31 Å². The van der Waals surface area contributed by atoms with Crippen LogP contribution < -0.4 is 5.32 Å². The zero-order chi connectivity index (χ0) is 19.3. The van der Waals surface area contributed by atoms with E-state index in [9.17, 15) is 22.0 Å². The number of halogens is 2. The number of sulfonamides is 1. The molecule has 1 atom stereocenters. The van der Waals surface area contributed by atoms with Crippen molar-refractivity contribution in [2.75, 3.05) is 12.8 Å². The maximum atomic E-state index is 13.0. The highest BCUT2D eigenvalue weighted by Gasteiger charge is 2.21. The first-order valence-electron chi connectivity index (χ1n) is 7.89. The van der Waals surface area contributed by atoms with Gasteiger partial charge in [0.05, 0.1) is 18.8 Å². The van der Waals surface area contributed by atoms with Crippen molar-refractivity contribution >= 4 is 15.9 Å². The molecule has 0 bridgehead atoms. The lowest BCUT2D eigenvalue weighted by atomic mass is 10.1. The Morgan fingerprint density at radius 2 is 1.54 bits per heavy atom. The molecule has 2 aromatic carbocycles. The van der Waals surface area contributed by atoms with E-state index in [-0.39, 0.29) is 18.9 Å². The van der Waals surface area contributed by atoms with Crippen molar-refractivity contribution < 1.29 is 22.0 Å². The van der Waals surface area contributed by atoms with E-state index in [1.54, 1.807) is 19.1 Å². The molecule has 0 aliphatic heterocycles. The number of hydrogen-bond donors (Lipinski definition) is 1. The summed E-state index contributed by atoms with van der Waals surface area (Å²) in [4.78, 5) is 12.2. The Morgan fingerprint density at radius 1 is 1.04 bits per heavy atom. The summed E-state index contributed by atoms with van der Waals surface area (Å²) >= 11 is 0. The highest BCUT2D eigenvalue weighted by molar-refractivity contribution is 7.88. The predicted octanol–water partition coefficient (Wildman–Crippen LogP) is 2.60. The zero-order valence-electron chi connectivity index (χ0n) is 14.4. The molecule has 0 fully saturated rings. The van der Waals surface area contributed by atoms with E-state index in [0.29, 0.717) is 11.1 Å². The average Bonchev–Trinajstić information content (AvgIpc) is 2.56. The fraction of sp³-hybridized carbons (Fsp3) is 0.278. The largest absolute Gasteiger partial charge is 0.348 e. The second kappa shape index (κ2) is 8.37. The van der Waals surface area contributed by atoms with Gasteiger partial charge in [0.15, 0.2) is 0 Å². The molecule has 0 saturated carbocycles. The minimum atomic E-state index is -3.65. The summed E-state index contributed by atoms with van der Waals surface area (Å²) in [6.07, 6.45) is 1.01. The van der Waals surface area contributed by atoms with Crippen molar-refractivity contribution in [1.29, 1.82) is 0 Å². The Labute approximate surface area is 151 Å². The molecule has 5 nitrogen and oxygen atoms in total. The first-order valence-corrected chi connectivity index (χ1v) is 9.74. The van der Waals surface area contributed by atoms with Gasteiger partial charge < -0.3 is 5.32 Å². The summed E-state index contributed by atoms with van der Waals surface area (Å²) in [5, 5.41) is 2.69. The first-order chi connectivity index (χ1) is 12.1. The molecule has 0 unspecified atom stereocenters. The Kier molecular flexibility index (Phi) is 6.44. The molecule has 2 aromatic rings. The van der Waals surface area contributed by atoms with Crippen molar-refractivity contribution in [2.45, 2.75) is 19.5 Å². The van der Waals surface area contributed by atoms with Crippen LogP contribution in [-0.2, 0) is 21.4 Å². The summed E-state index contributed by atoms with van der Waals surface area (Å²) < 4.78 is 50.9. The third-order valence-corrected chi connectivity index (χ3v) is 5.00. The zero-order valence-corrected chi connectivity index (χ0v) is 15.3. The van der Waals surface area contributed by atoms with Crippen LogP contribution in [0, 0.1) is 11.6 Å². The van der Waals surface area contributed by atoms with Crippen molar-refractivity contribution in [3.63, 3.8) is 0 Å². The molecule has 8 heteroatoms. The molecule has 140 valence electrons. The second-order valence-electron chi connectivity index (χ2n) is 6.00. The number of carbonyl (C=O) groups excluding carboxylic acids is 1. The third-order valence-electron chi connectivity index (χ3n) is 3.81. The quantitative estimate of drug-likeness (QED) is 0.801. The summed E-state index contributed by atoms with van der Waals surface area (Å²) in [5.74, 6) is -1.30. The van der Waals surface area contributed by atoms with Crippen molar-refractivity contribution in [2.24, 2.45) is 0 Å². The van der Waals surface area contributed by atoms with Crippen LogP contribution in [0.15, 0.2) is 48.5 Å². The summed E-state index contributed by atoms with van der Waals surface area (Å²) in [7, 11) is -3.65. The van der Waals surface area contributed by atoms with Gasteiger partial charge in [0.2, 0.25) is 15.9 Å². The lowest BCUT2D eigenvalue weighted by Crippen LogP contribution is -2.40. The molecule has 1 amide bonds. The number of nitrogens with one attached hydrogen (secondary N) is 1. The monoisotopic (exact) mass is 382 g/mol. The van der Waals surface area contributed by atoms with Crippen LogP contribution in [-0.4, -0.2) is 31.4 Å². The molecule has 0 heterocycles. The van der Waals surface area contributed by atoms with Gasteiger partial charge in [-0.15, -0.1) is 0 Å². The van der Waals surface area contributed by atoms with Gasteiger partial charge in [-0.25, -0.2) is 17.2 Å². The summed E-state index contributed by atoms with van der Waals surface area (Å²) in [5.41, 5.74) is 1.26. The van der Waals surface area contributed by atoms with Crippen LogP contribution in [0.1, 0.15) is 24.1 Å². The fourth-order valence-corrected chi connectivity index (χ4v) is 3.10. The lowest BCUT2D eigenvalue weighted by Gasteiger charge is -2.21. The van der Waals surface area contributed by atoms with Gasteiger partial charge in [0, 0.05) is 6.54 Å². The number of benzene rings is 2. The van der Waals surface area contributed by atoms with Crippen LogP contribution in [0.25, 0.3) is 0 Å². The summed E-state index contributed by atoms with van der Waals surface area (Å²) in [6.45, 7) is 1.30. The molecular formula is C18H20F2N2O3S. The topological polar surface area (TPSA) is 66.5 Å². The molecular weight excluding hydrogens is 362 g/mol. The Bertz CT molecular complexity index is 853. The van der Waals surface area contributed by atoms with Crippen LogP contribution in [0.4, 0.5) is 8.78 Å². The van der Waals surface area contributed by atoms with Crippen molar-refractivity contribution in [3.8, 4) is 0 Å². The highest BCUT2D eigenvalue weighted by atomic mass is 32.2. The normalized spacial score (nSPS) is 12.8. The Balaban J connectivity index is 2.04. The number of hydrogen-bond acceptors (Lipinski definition) is 3. The number of rotatable bonds is 7. The van der Waals surface area contributed by atoms with Crippen LogP contribution in [0.3, 0.4) is 0 Å². The van der Waals surface area contributed by atoms with Gasteiger partial charge in [-0.05, 0) is 42.3 Å². The van der Waals surface area contributed by atoms with Crippen molar-refractivity contribution in [1.82, 2.24) is 9.62 Å². The minimum absolute atomic E-state index is 0.0442. The van der Waals surface area contributed by atoms with Gasteiger partial charge >= 0.3 is 0 Å². The SMILES string of the molecule is C[C@H](NC(=O)CN(Cc1ccc(F)cc1)S(C)(=O)=O)c1ccc(F)cc1. The van der Waals surface area contributed by atoms with Gasteiger partial charge in [0.1, 0.15) is 11.6 Å². The number of carbonyl (C=O) groups is 1. The Morgan fingerprint density at radius 3 is 2.04 bits per heavy atom. The van der Waals surface area contributed by atoms with Gasteiger partial charge in [-0.1, -0.05) is 24.3 Å². The van der Waals surface area contributed by atoms with E-state index in [0.717, 1.165) is 10.6 Å². The summed E-state index contributed by atoms with van der Waals surface area (Å²) in [6, 6.07) is 10.7. The molecule has 0 spiro atoms. The van der Waals surface area contributed by atoms with Gasteiger partial charge in [-0.3, -0.25) is 4.79 Å². The first kappa shape index (κ1) is 20.0. The predicted molar refractivity (Wildman–Crippen MR) is 94.6 cm³/mol. The lowest BCUT2D eigenvalue weighted by molar-refractivity contribution is -0.122. The highest BCUT2D eigenvalue weighted by Crippen LogP contribution is 2.14. The standard InChI is InChI=1S/C18H20F2N2O3S/c1-13(15-5-9-17(20)10-6-15)21-18(23)12-22(26(2,24)25)11-14-3-7-16(19)8-4-14/h3-10,13H,11-12H2,1-2H3,(H,21,23)/t13-/m0/s1. The molecule has 0 saturated heterocycles. The smallest absolute Gasteiger partial charge is 0.235 e. The molecule has 2 rings (SSSR count). The molecule has 0 radical (unpaired) electrons. The maximum absolute atomic E-state index is 13.0. The number of nitrogens with zero attached hydrogens (tertiary/aromatic N) is 1. The molecule has 0 aliphatic carbocycles. The van der Waals surface area contributed by atoms with Crippen LogP contribution in [0.2, 0.25) is 0 Å². The van der Waals surface area contributed by atoms with Crippen LogP contribution >= 0.6 is 0 Å². The fourth-order valence-electron chi connectivity index (χ4n) is 2.37. The maximum Gasteiger partial charge on any atom is 0.235 e. The average molecular weight is 382 g/mol. The second-order valence-corrected chi connectivity index (χ2v) is 7.98. The van der Waals surface area contributed by atoms with Crippen LogP contribution in [0.5, 0.6) is 0 Å². The molecule has 26 heavy (non-hydrogen) atoms.